The van der Waals surface area contributed by atoms with Crippen LogP contribution in [0.4, 0.5) is 4.79 Å². The van der Waals surface area contributed by atoms with Gasteiger partial charge in [-0.15, -0.1) is 0 Å². The summed E-state index contributed by atoms with van der Waals surface area (Å²) >= 11 is 0. The number of hydrogen-bond acceptors (Lipinski definition) is 2. The van der Waals surface area contributed by atoms with Crippen LogP contribution in [0.1, 0.15) is 27.7 Å². The maximum absolute atomic E-state index is 12.3. The molecule has 0 spiro atoms. The molecular formula is C12H24N2O2. The Morgan fingerprint density at radius 3 is 2.25 bits per heavy atom. The lowest BCUT2D eigenvalue weighted by Gasteiger charge is -2.36. The van der Waals surface area contributed by atoms with Crippen molar-refractivity contribution in [1.82, 2.24) is 9.80 Å². The molecule has 0 radical (unpaired) electrons. The molecule has 0 saturated carbocycles. The van der Waals surface area contributed by atoms with Crippen LogP contribution in [0.3, 0.4) is 0 Å². The number of hydrogen-bond donors (Lipinski definition) is 0. The van der Waals surface area contributed by atoms with Crippen LogP contribution < -0.4 is 0 Å². The first kappa shape index (κ1) is 13.3. The summed E-state index contributed by atoms with van der Waals surface area (Å²) in [6.45, 7) is 12.0. The van der Waals surface area contributed by atoms with E-state index in [2.05, 4.69) is 27.7 Å². The molecule has 0 atom stereocenters. The molecule has 0 bridgehead atoms. The Morgan fingerprint density at radius 1 is 1.25 bits per heavy atom. The Hall–Kier alpha value is -0.770. The number of urea groups is 1. The highest BCUT2D eigenvalue weighted by Crippen LogP contribution is 2.10. The van der Waals surface area contributed by atoms with Gasteiger partial charge in [0, 0.05) is 25.7 Å². The Kier molecular flexibility index (Phi) is 5.06. The number of rotatable bonds is 3. The van der Waals surface area contributed by atoms with Gasteiger partial charge in [0.2, 0.25) is 0 Å². The number of ether oxygens (including phenoxy) is 1. The van der Waals surface area contributed by atoms with E-state index in [1.807, 2.05) is 9.80 Å². The van der Waals surface area contributed by atoms with E-state index in [0.29, 0.717) is 19.1 Å². The zero-order chi connectivity index (χ0) is 12.1. The van der Waals surface area contributed by atoms with Crippen LogP contribution in [0.2, 0.25) is 0 Å². The van der Waals surface area contributed by atoms with Crippen LogP contribution in [-0.4, -0.2) is 54.7 Å². The molecule has 94 valence electrons. The number of carbonyl (C=O) groups excluding carboxylic acids is 1. The van der Waals surface area contributed by atoms with Gasteiger partial charge in [-0.2, -0.15) is 0 Å². The second-order valence-corrected chi connectivity index (χ2v) is 5.02. The predicted octanol–water partition coefficient (Wildman–Crippen LogP) is 1.80. The predicted molar refractivity (Wildman–Crippen MR) is 64.5 cm³/mol. The van der Waals surface area contributed by atoms with Gasteiger partial charge in [-0.3, -0.25) is 0 Å². The van der Waals surface area contributed by atoms with Gasteiger partial charge in [0.05, 0.1) is 13.2 Å². The first-order chi connectivity index (χ1) is 7.52. The Bertz CT molecular complexity index is 223. The second-order valence-electron chi connectivity index (χ2n) is 5.02. The molecule has 1 rings (SSSR count). The van der Waals surface area contributed by atoms with Crippen LogP contribution in [0.25, 0.3) is 0 Å². The van der Waals surface area contributed by atoms with Crippen molar-refractivity contribution in [3.63, 3.8) is 0 Å². The van der Waals surface area contributed by atoms with Gasteiger partial charge in [0.1, 0.15) is 0 Å². The molecule has 0 aromatic rings. The van der Waals surface area contributed by atoms with Crippen molar-refractivity contribution in [2.45, 2.75) is 33.7 Å². The van der Waals surface area contributed by atoms with Gasteiger partial charge in [-0.1, -0.05) is 13.8 Å². The lowest BCUT2D eigenvalue weighted by atomic mass is 10.2. The van der Waals surface area contributed by atoms with E-state index in [9.17, 15) is 4.79 Å². The minimum atomic E-state index is 0.159. The van der Waals surface area contributed by atoms with Crippen molar-refractivity contribution in [2.24, 2.45) is 5.92 Å². The monoisotopic (exact) mass is 228 g/mol. The normalized spacial score (nSPS) is 17.0. The maximum Gasteiger partial charge on any atom is 0.320 e. The van der Waals surface area contributed by atoms with E-state index in [1.165, 1.54) is 0 Å². The van der Waals surface area contributed by atoms with Crippen LogP contribution in [0.15, 0.2) is 0 Å². The number of amides is 2. The van der Waals surface area contributed by atoms with Crippen LogP contribution >= 0.6 is 0 Å². The summed E-state index contributed by atoms with van der Waals surface area (Å²) in [6, 6.07) is 0.421. The molecule has 0 aromatic heterocycles. The Labute approximate surface area is 98.5 Å². The first-order valence-electron chi connectivity index (χ1n) is 6.15. The van der Waals surface area contributed by atoms with Crippen molar-refractivity contribution in [1.29, 1.82) is 0 Å². The molecule has 4 nitrogen and oxygen atoms in total. The van der Waals surface area contributed by atoms with E-state index in [0.717, 1.165) is 19.6 Å². The maximum atomic E-state index is 12.3. The smallest absolute Gasteiger partial charge is 0.320 e. The second kappa shape index (κ2) is 6.09. The average Bonchev–Trinajstić information content (AvgIpc) is 2.25. The highest BCUT2D eigenvalue weighted by atomic mass is 16.5. The third-order valence-electron chi connectivity index (χ3n) is 2.71. The summed E-state index contributed by atoms with van der Waals surface area (Å²) < 4.78 is 5.26. The molecule has 0 N–H and O–H groups in total. The first-order valence-corrected chi connectivity index (χ1v) is 6.15. The Morgan fingerprint density at radius 2 is 1.81 bits per heavy atom. The van der Waals surface area contributed by atoms with E-state index in [-0.39, 0.29) is 12.1 Å². The molecule has 1 heterocycles. The fourth-order valence-corrected chi connectivity index (χ4v) is 1.84. The molecule has 1 fully saturated rings. The summed E-state index contributed by atoms with van der Waals surface area (Å²) in [5.74, 6) is 0.507. The van der Waals surface area contributed by atoms with Gasteiger partial charge < -0.3 is 14.5 Å². The molecule has 0 unspecified atom stereocenters. The summed E-state index contributed by atoms with van der Waals surface area (Å²) in [7, 11) is 0. The summed E-state index contributed by atoms with van der Waals surface area (Å²) in [5.41, 5.74) is 0. The zero-order valence-electron chi connectivity index (χ0n) is 10.9. The van der Waals surface area contributed by atoms with Crippen LogP contribution in [0, 0.1) is 5.92 Å². The SMILES string of the molecule is CC(C)CN(C(=O)N1CCOCC1)C(C)C. The molecule has 1 aliphatic rings. The summed E-state index contributed by atoms with van der Waals surface area (Å²) in [5, 5.41) is 0. The fraction of sp³-hybridized carbons (Fsp3) is 0.917. The van der Waals surface area contributed by atoms with Gasteiger partial charge in [-0.05, 0) is 19.8 Å². The van der Waals surface area contributed by atoms with E-state index in [1.54, 1.807) is 0 Å². The van der Waals surface area contributed by atoms with Crippen molar-refractivity contribution in [3.8, 4) is 0 Å². The fourth-order valence-electron chi connectivity index (χ4n) is 1.84. The molecule has 1 aliphatic heterocycles. The number of morpholine rings is 1. The van der Waals surface area contributed by atoms with E-state index in [4.69, 9.17) is 4.74 Å². The van der Waals surface area contributed by atoms with Crippen molar-refractivity contribution in [3.05, 3.63) is 0 Å². The van der Waals surface area contributed by atoms with Crippen molar-refractivity contribution in [2.75, 3.05) is 32.8 Å². The van der Waals surface area contributed by atoms with Gasteiger partial charge in [0.25, 0.3) is 0 Å². The van der Waals surface area contributed by atoms with Gasteiger partial charge in [-0.25, -0.2) is 4.79 Å². The largest absolute Gasteiger partial charge is 0.378 e. The topological polar surface area (TPSA) is 32.8 Å². The molecular weight excluding hydrogens is 204 g/mol. The zero-order valence-corrected chi connectivity index (χ0v) is 10.9. The van der Waals surface area contributed by atoms with E-state index < -0.39 is 0 Å². The Balaban J connectivity index is 2.58. The highest BCUT2D eigenvalue weighted by Gasteiger charge is 2.24. The van der Waals surface area contributed by atoms with Gasteiger partial charge in [0.15, 0.2) is 0 Å². The van der Waals surface area contributed by atoms with E-state index >= 15 is 0 Å². The number of nitrogens with zero attached hydrogens (tertiary/aromatic N) is 2. The number of carbonyl (C=O) groups is 1. The van der Waals surface area contributed by atoms with Crippen molar-refractivity contribution >= 4 is 6.03 Å². The molecule has 0 aliphatic carbocycles. The average molecular weight is 228 g/mol. The third-order valence-corrected chi connectivity index (χ3v) is 2.71. The lowest BCUT2D eigenvalue weighted by Crippen LogP contribution is -2.51. The highest BCUT2D eigenvalue weighted by molar-refractivity contribution is 5.74. The van der Waals surface area contributed by atoms with Crippen LogP contribution in [-0.2, 0) is 4.74 Å². The molecule has 2 amide bonds. The van der Waals surface area contributed by atoms with Crippen LogP contribution in [0.5, 0.6) is 0 Å². The summed E-state index contributed by atoms with van der Waals surface area (Å²) in [6.07, 6.45) is 0. The lowest BCUT2D eigenvalue weighted by molar-refractivity contribution is 0.0393. The third kappa shape index (κ3) is 3.67. The molecule has 4 heteroatoms. The molecule has 16 heavy (non-hydrogen) atoms. The minimum Gasteiger partial charge on any atom is -0.378 e. The van der Waals surface area contributed by atoms with Crippen molar-refractivity contribution < 1.29 is 9.53 Å². The molecule has 0 aromatic carbocycles. The molecule has 1 saturated heterocycles. The minimum absolute atomic E-state index is 0.159. The standard InChI is InChI=1S/C12H24N2O2/c1-10(2)9-14(11(3)4)12(15)13-5-7-16-8-6-13/h10-11H,5-9H2,1-4H3. The quantitative estimate of drug-likeness (QED) is 0.738. The summed E-state index contributed by atoms with van der Waals surface area (Å²) in [4.78, 5) is 16.1. The van der Waals surface area contributed by atoms with Gasteiger partial charge >= 0.3 is 6.03 Å².